The molecule has 0 radical (unpaired) electrons. The number of allylic oxidation sites excluding steroid dienone is 1. The highest BCUT2D eigenvalue weighted by Crippen LogP contribution is 1.89. The molecule has 1 heteroatoms. The van der Waals surface area contributed by atoms with Crippen LogP contribution in [0.25, 0.3) is 0 Å². The number of hydrogen-bond donors (Lipinski definition) is 0. The fourth-order valence-electron chi connectivity index (χ4n) is 0.284. The molecule has 8 heavy (non-hydrogen) atoms. The monoisotopic (exact) mass is 110 g/mol. The molecule has 44 valence electrons. The molecule has 1 nitrogen and oxygen atoms in total. The fraction of sp³-hybridized carbons (Fsp3) is 0.429. The summed E-state index contributed by atoms with van der Waals surface area (Å²) in [6.07, 6.45) is 5.61. The van der Waals surface area contributed by atoms with Gasteiger partial charge in [-0.15, -0.1) is 12.3 Å². The first kappa shape index (κ1) is 7.10. The summed E-state index contributed by atoms with van der Waals surface area (Å²) in [6, 6.07) is 0. The first-order chi connectivity index (χ1) is 3.77. The second kappa shape index (κ2) is 4.26. The van der Waals surface area contributed by atoms with Crippen molar-refractivity contribution < 1.29 is 4.74 Å². The molecule has 0 saturated carbocycles. The average Bonchev–Trinajstić information content (AvgIpc) is 1.66. The minimum atomic E-state index is 0.589. The van der Waals surface area contributed by atoms with Crippen LogP contribution in [0.1, 0.15) is 13.3 Å². The molecule has 0 aliphatic rings. The van der Waals surface area contributed by atoms with Crippen LogP contribution in [0.15, 0.2) is 12.3 Å². The minimum Gasteiger partial charge on any atom is -0.498 e. The molecule has 0 spiro atoms. The van der Waals surface area contributed by atoms with E-state index in [0.717, 1.165) is 5.76 Å². The van der Waals surface area contributed by atoms with Crippen molar-refractivity contribution in [2.45, 2.75) is 13.3 Å². The zero-order valence-corrected chi connectivity index (χ0v) is 5.11. The molecular formula is C7H10O. The van der Waals surface area contributed by atoms with Crippen LogP contribution in [0.2, 0.25) is 0 Å². The zero-order chi connectivity index (χ0) is 6.41. The normalized spacial score (nSPS) is 7.50. The van der Waals surface area contributed by atoms with Gasteiger partial charge >= 0.3 is 0 Å². The van der Waals surface area contributed by atoms with Gasteiger partial charge in [0, 0.05) is 6.42 Å². The summed E-state index contributed by atoms with van der Waals surface area (Å²) in [5.74, 6) is 3.18. The highest BCUT2D eigenvalue weighted by molar-refractivity contribution is 4.84. The van der Waals surface area contributed by atoms with E-state index in [-0.39, 0.29) is 0 Å². The molecule has 0 aromatic carbocycles. The summed E-state index contributed by atoms with van der Waals surface area (Å²) < 4.78 is 4.95. The Morgan fingerprint density at radius 2 is 2.50 bits per heavy atom. The minimum absolute atomic E-state index is 0.589. The Kier molecular flexibility index (Phi) is 3.78. The van der Waals surface area contributed by atoms with Gasteiger partial charge in [0.05, 0.1) is 12.4 Å². The Hall–Kier alpha value is -0.900. The van der Waals surface area contributed by atoms with E-state index < -0.39 is 0 Å². The van der Waals surface area contributed by atoms with Gasteiger partial charge in [-0.3, -0.25) is 0 Å². The smallest absolute Gasteiger partial charge is 0.0986 e. The van der Waals surface area contributed by atoms with E-state index in [1.54, 1.807) is 6.92 Å². The van der Waals surface area contributed by atoms with Crippen molar-refractivity contribution in [3.8, 4) is 12.3 Å². The van der Waals surface area contributed by atoms with Crippen molar-refractivity contribution in [3.63, 3.8) is 0 Å². The molecule has 0 aliphatic heterocycles. The molecule has 0 N–H and O–H groups in total. The molecule has 0 fully saturated rings. The van der Waals surface area contributed by atoms with Crippen LogP contribution in [0.3, 0.4) is 0 Å². The van der Waals surface area contributed by atoms with E-state index in [0.29, 0.717) is 13.0 Å². The maximum atomic E-state index is 4.96. The molecule has 0 rings (SSSR count). The Morgan fingerprint density at radius 1 is 1.88 bits per heavy atom. The average molecular weight is 110 g/mol. The summed E-state index contributed by atoms with van der Waals surface area (Å²) in [6.45, 7) is 5.93. The molecule has 0 aromatic heterocycles. The molecule has 0 aliphatic carbocycles. The third-order valence-electron chi connectivity index (χ3n) is 0.595. The van der Waals surface area contributed by atoms with Crippen molar-refractivity contribution >= 4 is 0 Å². The van der Waals surface area contributed by atoms with Crippen molar-refractivity contribution in [2.24, 2.45) is 0 Å². The lowest BCUT2D eigenvalue weighted by Gasteiger charge is -1.98. The maximum absolute atomic E-state index is 4.96. The van der Waals surface area contributed by atoms with Gasteiger partial charge in [-0.05, 0) is 6.92 Å². The number of terminal acetylenes is 1. The number of rotatable bonds is 3. The molecule has 0 atom stereocenters. The lowest BCUT2D eigenvalue weighted by molar-refractivity contribution is 0.223. The quantitative estimate of drug-likeness (QED) is 0.304. The summed E-state index contributed by atoms with van der Waals surface area (Å²) in [5, 5.41) is 0. The van der Waals surface area contributed by atoms with Gasteiger partial charge in [-0.1, -0.05) is 6.58 Å². The van der Waals surface area contributed by atoms with Gasteiger partial charge in [0.25, 0.3) is 0 Å². The Morgan fingerprint density at radius 3 is 2.88 bits per heavy atom. The Labute approximate surface area is 50.4 Å². The molecule has 0 unspecified atom stereocenters. The van der Waals surface area contributed by atoms with Crippen molar-refractivity contribution in [2.75, 3.05) is 6.61 Å². The Bertz CT molecular complexity index is 108. The van der Waals surface area contributed by atoms with Crippen LogP contribution < -0.4 is 0 Å². The van der Waals surface area contributed by atoms with Crippen LogP contribution in [0, 0.1) is 12.3 Å². The van der Waals surface area contributed by atoms with Gasteiger partial charge in [-0.2, -0.15) is 0 Å². The summed E-state index contributed by atoms with van der Waals surface area (Å²) in [7, 11) is 0. The number of hydrogen-bond acceptors (Lipinski definition) is 1. The van der Waals surface area contributed by atoms with Gasteiger partial charge in [0.2, 0.25) is 0 Å². The molecule has 0 heterocycles. The first-order valence-corrected chi connectivity index (χ1v) is 2.49. The van der Waals surface area contributed by atoms with Crippen LogP contribution in [0.5, 0.6) is 0 Å². The number of ether oxygens (including phenoxy) is 1. The van der Waals surface area contributed by atoms with Crippen LogP contribution in [-0.2, 0) is 4.74 Å². The van der Waals surface area contributed by atoms with Gasteiger partial charge in [0.1, 0.15) is 0 Å². The van der Waals surface area contributed by atoms with E-state index in [9.17, 15) is 0 Å². The first-order valence-electron chi connectivity index (χ1n) is 2.49. The molecule has 0 bridgehead atoms. The third kappa shape index (κ3) is 5.10. The van der Waals surface area contributed by atoms with Gasteiger partial charge in [-0.25, -0.2) is 0 Å². The highest BCUT2D eigenvalue weighted by Gasteiger charge is 1.80. The largest absolute Gasteiger partial charge is 0.498 e. The van der Waals surface area contributed by atoms with E-state index in [4.69, 9.17) is 11.2 Å². The Balaban J connectivity index is 2.97. The summed E-state index contributed by atoms with van der Waals surface area (Å²) in [4.78, 5) is 0. The predicted octanol–water partition coefficient (Wildman–Crippen LogP) is 1.56. The molecule has 0 aromatic rings. The van der Waals surface area contributed by atoms with Crippen LogP contribution in [-0.4, -0.2) is 6.61 Å². The summed E-state index contributed by atoms with van der Waals surface area (Å²) >= 11 is 0. The molecule has 0 amide bonds. The van der Waals surface area contributed by atoms with E-state index in [1.165, 1.54) is 0 Å². The van der Waals surface area contributed by atoms with E-state index in [1.807, 2.05) is 0 Å². The fourth-order valence-corrected chi connectivity index (χ4v) is 0.284. The highest BCUT2D eigenvalue weighted by atomic mass is 16.5. The van der Waals surface area contributed by atoms with Crippen LogP contribution >= 0.6 is 0 Å². The topological polar surface area (TPSA) is 9.23 Å². The SMILES string of the molecule is C#CCCOC(=C)C. The van der Waals surface area contributed by atoms with Crippen molar-refractivity contribution in [1.82, 2.24) is 0 Å². The lowest BCUT2D eigenvalue weighted by atomic mass is 10.5. The standard InChI is InChI=1S/C7H10O/c1-4-5-6-8-7(2)3/h1H,2,5-6H2,3H3. The van der Waals surface area contributed by atoms with E-state index in [2.05, 4.69) is 12.5 Å². The second-order valence-electron chi connectivity index (χ2n) is 1.50. The van der Waals surface area contributed by atoms with Gasteiger partial charge < -0.3 is 4.74 Å². The zero-order valence-electron chi connectivity index (χ0n) is 5.11. The van der Waals surface area contributed by atoms with Crippen molar-refractivity contribution in [1.29, 1.82) is 0 Å². The van der Waals surface area contributed by atoms with Crippen molar-refractivity contribution in [3.05, 3.63) is 12.3 Å². The summed E-state index contributed by atoms with van der Waals surface area (Å²) in [5.41, 5.74) is 0. The molecule has 0 saturated heterocycles. The second-order valence-corrected chi connectivity index (χ2v) is 1.50. The van der Waals surface area contributed by atoms with Gasteiger partial charge in [0.15, 0.2) is 0 Å². The third-order valence-corrected chi connectivity index (χ3v) is 0.595. The lowest BCUT2D eigenvalue weighted by Crippen LogP contribution is -1.87. The maximum Gasteiger partial charge on any atom is 0.0986 e. The predicted molar refractivity (Wildman–Crippen MR) is 34.2 cm³/mol. The van der Waals surface area contributed by atoms with Crippen LogP contribution in [0.4, 0.5) is 0 Å². The molecular weight excluding hydrogens is 100 g/mol. The van der Waals surface area contributed by atoms with E-state index >= 15 is 0 Å².